The van der Waals surface area contributed by atoms with Crippen molar-refractivity contribution >= 4 is 11.8 Å². The Bertz CT molecular complexity index is 472. The third kappa shape index (κ3) is 3.44. The van der Waals surface area contributed by atoms with Crippen LogP contribution in [0, 0.1) is 11.8 Å². The second-order valence-electron chi connectivity index (χ2n) is 3.00. The summed E-state index contributed by atoms with van der Waals surface area (Å²) in [6, 6.07) is 6.60. The van der Waals surface area contributed by atoms with Crippen molar-refractivity contribution in [1.29, 1.82) is 0 Å². The van der Waals surface area contributed by atoms with E-state index < -0.39 is 11.8 Å². The molecule has 1 aromatic rings. The van der Waals surface area contributed by atoms with Gasteiger partial charge in [-0.2, -0.15) is 0 Å². The van der Waals surface area contributed by atoms with Crippen molar-refractivity contribution in [3.8, 4) is 11.8 Å². The Hall–Kier alpha value is -2.32. The zero-order valence-electron chi connectivity index (χ0n) is 8.49. The number of benzene rings is 1. The smallest absolute Gasteiger partial charge is 0.265 e. The van der Waals surface area contributed by atoms with Crippen LogP contribution in [0.2, 0.25) is 0 Å². The second kappa shape index (κ2) is 5.53. The van der Waals surface area contributed by atoms with E-state index in [-0.39, 0.29) is 6.42 Å². The molecule has 0 aliphatic heterocycles. The van der Waals surface area contributed by atoms with E-state index in [1.807, 2.05) is 5.43 Å². The minimum absolute atomic E-state index is 0.00663. The maximum absolute atomic E-state index is 11.2. The first-order valence-corrected chi connectivity index (χ1v) is 4.51. The Kier molecular flexibility index (Phi) is 4.07. The molecule has 0 spiro atoms. The zero-order valence-corrected chi connectivity index (χ0v) is 8.49. The van der Waals surface area contributed by atoms with Gasteiger partial charge in [0.25, 0.3) is 5.91 Å². The molecule has 2 amide bonds. The lowest BCUT2D eigenvalue weighted by Gasteiger charge is -1.98. The zero-order chi connectivity index (χ0) is 12.0. The van der Waals surface area contributed by atoms with Gasteiger partial charge in [0, 0.05) is 11.1 Å². The number of nitrogen functional groups attached to an aromatic ring is 1. The number of carbonyl (C=O) groups is 2. The van der Waals surface area contributed by atoms with Crippen molar-refractivity contribution in [1.82, 2.24) is 5.43 Å². The van der Waals surface area contributed by atoms with E-state index in [9.17, 15) is 9.59 Å². The lowest BCUT2D eigenvalue weighted by molar-refractivity contribution is -0.117. The van der Waals surface area contributed by atoms with Crippen molar-refractivity contribution in [3.63, 3.8) is 0 Å². The van der Waals surface area contributed by atoms with Gasteiger partial charge in [0.05, 0.1) is 6.42 Å². The normalized spacial score (nSPS) is 8.81. The highest BCUT2D eigenvalue weighted by atomic mass is 16.2. The summed E-state index contributed by atoms with van der Waals surface area (Å²) in [7, 11) is 0. The van der Waals surface area contributed by atoms with E-state index >= 15 is 0 Å². The number of carbonyl (C=O) groups excluding carboxylic acids is 2. The van der Waals surface area contributed by atoms with Crippen LogP contribution in [0.15, 0.2) is 24.3 Å². The molecule has 0 fully saturated rings. The third-order valence-electron chi connectivity index (χ3n) is 1.75. The molecule has 0 saturated carbocycles. The van der Waals surface area contributed by atoms with E-state index in [1.54, 1.807) is 24.3 Å². The van der Waals surface area contributed by atoms with Crippen LogP contribution in [0.1, 0.15) is 22.3 Å². The highest BCUT2D eigenvalue weighted by Gasteiger charge is 2.02. The van der Waals surface area contributed by atoms with E-state index in [4.69, 9.17) is 11.6 Å². The average Bonchev–Trinajstić information content (AvgIpc) is 2.28. The van der Waals surface area contributed by atoms with Gasteiger partial charge < -0.3 is 5.73 Å². The van der Waals surface area contributed by atoms with Crippen LogP contribution in [0.3, 0.4) is 0 Å². The van der Waals surface area contributed by atoms with Crippen LogP contribution in [0.4, 0.5) is 0 Å². The van der Waals surface area contributed by atoms with Crippen molar-refractivity contribution in [2.24, 2.45) is 11.6 Å². The highest BCUT2D eigenvalue weighted by molar-refractivity contribution is 5.94. The van der Waals surface area contributed by atoms with Gasteiger partial charge >= 0.3 is 0 Å². The van der Waals surface area contributed by atoms with Gasteiger partial charge in [0.1, 0.15) is 0 Å². The first-order valence-electron chi connectivity index (χ1n) is 4.51. The van der Waals surface area contributed by atoms with Gasteiger partial charge in [-0.1, -0.05) is 17.9 Å². The maximum atomic E-state index is 11.2. The third-order valence-corrected chi connectivity index (χ3v) is 1.75. The van der Waals surface area contributed by atoms with Crippen LogP contribution in [0.25, 0.3) is 0 Å². The van der Waals surface area contributed by atoms with Crippen LogP contribution >= 0.6 is 0 Å². The monoisotopic (exact) mass is 217 g/mol. The average molecular weight is 217 g/mol. The number of hydrogen-bond donors (Lipinski definition) is 3. The van der Waals surface area contributed by atoms with Gasteiger partial charge in [-0.3, -0.25) is 15.0 Å². The first-order chi connectivity index (χ1) is 7.63. The Morgan fingerprint density at radius 2 is 2.12 bits per heavy atom. The van der Waals surface area contributed by atoms with E-state index in [1.165, 1.54) is 0 Å². The molecule has 0 atom stereocenters. The number of hydrazine groups is 1. The molecule has 5 heteroatoms. The summed E-state index contributed by atoms with van der Waals surface area (Å²) in [5.74, 6) is 9.45. The Balaban J connectivity index is 2.85. The summed E-state index contributed by atoms with van der Waals surface area (Å²) < 4.78 is 0. The molecule has 0 radical (unpaired) electrons. The minimum Gasteiger partial charge on any atom is -0.369 e. The highest BCUT2D eigenvalue weighted by Crippen LogP contribution is 2.03. The summed E-state index contributed by atoms with van der Waals surface area (Å²) in [5, 5.41) is 0. The number of primary amides is 1. The SMILES string of the molecule is NNC(=O)c1cccc(C#CCC(N)=O)c1. The van der Waals surface area contributed by atoms with Gasteiger partial charge in [-0.25, -0.2) is 5.84 Å². The van der Waals surface area contributed by atoms with Crippen molar-refractivity contribution in [2.75, 3.05) is 0 Å². The van der Waals surface area contributed by atoms with E-state index in [0.717, 1.165) is 0 Å². The van der Waals surface area contributed by atoms with E-state index in [2.05, 4.69) is 11.8 Å². The molecule has 0 aromatic heterocycles. The largest absolute Gasteiger partial charge is 0.369 e. The number of hydrogen-bond acceptors (Lipinski definition) is 3. The van der Waals surface area contributed by atoms with Crippen molar-refractivity contribution < 1.29 is 9.59 Å². The molecule has 0 aliphatic carbocycles. The maximum Gasteiger partial charge on any atom is 0.265 e. The molecule has 5 N–H and O–H groups in total. The molecule has 0 bridgehead atoms. The molecule has 0 aliphatic rings. The lowest BCUT2D eigenvalue weighted by Crippen LogP contribution is -2.29. The molecular formula is C11H11N3O2. The summed E-state index contributed by atoms with van der Waals surface area (Å²) >= 11 is 0. The molecule has 0 saturated heterocycles. The van der Waals surface area contributed by atoms with Crippen molar-refractivity contribution in [2.45, 2.75) is 6.42 Å². The summed E-state index contributed by atoms with van der Waals surface area (Å²) in [5.41, 5.74) is 7.99. The molecule has 1 rings (SSSR count). The number of amides is 2. The molecular weight excluding hydrogens is 206 g/mol. The predicted molar refractivity (Wildman–Crippen MR) is 58.8 cm³/mol. The summed E-state index contributed by atoms with van der Waals surface area (Å²) in [6.45, 7) is 0. The summed E-state index contributed by atoms with van der Waals surface area (Å²) in [4.78, 5) is 21.6. The number of nitrogens with two attached hydrogens (primary N) is 2. The first kappa shape index (κ1) is 11.8. The molecule has 5 nitrogen and oxygen atoms in total. The number of rotatable bonds is 2. The van der Waals surface area contributed by atoms with Crippen LogP contribution < -0.4 is 17.0 Å². The Morgan fingerprint density at radius 1 is 1.38 bits per heavy atom. The predicted octanol–water partition coefficient (Wildman–Crippen LogP) is -0.483. The standard InChI is InChI=1S/C11H11N3O2/c12-10(15)6-2-4-8-3-1-5-9(7-8)11(16)14-13/h1,3,5,7H,6,13H2,(H2,12,15)(H,14,16). The van der Waals surface area contributed by atoms with Gasteiger partial charge in [0.2, 0.25) is 5.91 Å². The minimum atomic E-state index is -0.483. The topological polar surface area (TPSA) is 98.2 Å². The molecule has 82 valence electrons. The van der Waals surface area contributed by atoms with Gasteiger partial charge in [-0.15, -0.1) is 0 Å². The fourth-order valence-corrected chi connectivity index (χ4v) is 1.05. The Morgan fingerprint density at radius 3 is 2.75 bits per heavy atom. The van der Waals surface area contributed by atoms with Crippen LogP contribution in [-0.4, -0.2) is 11.8 Å². The van der Waals surface area contributed by atoms with E-state index in [0.29, 0.717) is 11.1 Å². The van der Waals surface area contributed by atoms with Crippen LogP contribution in [-0.2, 0) is 4.79 Å². The number of nitrogens with one attached hydrogen (secondary N) is 1. The summed E-state index contributed by atoms with van der Waals surface area (Å²) in [6.07, 6.45) is -0.00663. The molecule has 16 heavy (non-hydrogen) atoms. The molecule has 0 heterocycles. The Labute approximate surface area is 92.8 Å². The van der Waals surface area contributed by atoms with Gasteiger partial charge in [0.15, 0.2) is 0 Å². The lowest BCUT2D eigenvalue weighted by atomic mass is 10.1. The van der Waals surface area contributed by atoms with Crippen molar-refractivity contribution in [3.05, 3.63) is 35.4 Å². The second-order valence-corrected chi connectivity index (χ2v) is 3.00. The quantitative estimate of drug-likeness (QED) is 0.270. The van der Waals surface area contributed by atoms with Gasteiger partial charge in [-0.05, 0) is 18.2 Å². The molecule has 1 aromatic carbocycles. The fourth-order valence-electron chi connectivity index (χ4n) is 1.05. The molecule has 0 unspecified atom stereocenters. The fraction of sp³-hybridized carbons (Fsp3) is 0.0909. The van der Waals surface area contributed by atoms with Crippen LogP contribution in [0.5, 0.6) is 0 Å².